The molecule has 1 aromatic carbocycles. The number of aromatic nitrogens is 2. The molecule has 7 nitrogen and oxygen atoms in total. The van der Waals surface area contributed by atoms with Crippen LogP contribution in [0.4, 0.5) is 0 Å². The zero-order valence-corrected chi connectivity index (χ0v) is 14.8. The molecule has 0 bridgehead atoms. The van der Waals surface area contributed by atoms with Crippen LogP contribution in [-0.4, -0.2) is 31.8 Å². The van der Waals surface area contributed by atoms with E-state index in [1.807, 2.05) is 18.2 Å². The molecule has 0 radical (unpaired) electrons. The van der Waals surface area contributed by atoms with E-state index >= 15 is 0 Å². The molecule has 26 heavy (non-hydrogen) atoms. The maximum absolute atomic E-state index is 12.1. The van der Waals surface area contributed by atoms with E-state index in [1.165, 1.54) is 5.69 Å². The fourth-order valence-corrected chi connectivity index (χ4v) is 3.59. The number of carboxylic acid groups (broad SMARTS) is 1. The zero-order chi connectivity index (χ0) is 17.9. The highest BCUT2D eigenvalue weighted by molar-refractivity contribution is 5.92. The van der Waals surface area contributed by atoms with Gasteiger partial charge in [-0.05, 0) is 24.4 Å². The number of pyridine rings is 1. The first-order valence-electron chi connectivity index (χ1n) is 7.94. The van der Waals surface area contributed by atoms with Crippen molar-refractivity contribution in [3.8, 4) is 17.0 Å². The summed E-state index contributed by atoms with van der Waals surface area (Å²) in [5.74, 6) is -1.96. The van der Waals surface area contributed by atoms with E-state index < -0.39 is 22.8 Å². The molecule has 5 N–H and O–H groups in total. The van der Waals surface area contributed by atoms with Crippen LogP contribution in [0.1, 0.15) is 21.6 Å². The summed E-state index contributed by atoms with van der Waals surface area (Å²) < 4.78 is 2.16. The number of hydrogen-bond acceptors (Lipinski definition) is 4. The summed E-state index contributed by atoms with van der Waals surface area (Å²) in [6.45, 7) is 2.32. The van der Waals surface area contributed by atoms with Crippen molar-refractivity contribution in [1.29, 1.82) is 0 Å². The molecule has 8 heteroatoms. The third-order valence-electron chi connectivity index (χ3n) is 4.81. The average Bonchev–Trinajstić information content (AvgIpc) is 3.06. The number of fused-ring (bicyclic) bond motifs is 3. The van der Waals surface area contributed by atoms with E-state index in [-0.39, 0.29) is 18.4 Å². The first-order valence-corrected chi connectivity index (χ1v) is 7.94. The molecule has 0 saturated heterocycles. The second-order valence-corrected chi connectivity index (χ2v) is 6.47. The smallest absolute Gasteiger partial charge is 0.345 e. The zero-order valence-electron chi connectivity index (χ0n) is 13.9. The molecule has 0 fully saturated rings. The molecular weight excluding hydrogens is 358 g/mol. The minimum absolute atomic E-state index is 0. The van der Waals surface area contributed by atoms with E-state index in [4.69, 9.17) is 10.8 Å². The minimum atomic E-state index is -1.46. The number of nitrogens with one attached hydrogen (secondary N) is 1. The number of carboxylic acids is 1. The second kappa shape index (κ2) is 6.19. The number of aromatic hydroxyl groups is 1. The number of H-pyrrole nitrogens is 1. The molecule has 1 aliphatic heterocycles. The normalized spacial score (nSPS) is 15.7. The van der Waals surface area contributed by atoms with Crippen molar-refractivity contribution >= 4 is 29.3 Å². The Morgan fingerprint density at radius 2 is 2.08 bits per heavy atom. The molecule has 3 heterocycles. The molecule has 0 amide bonds. The SMILES string of the molecule is Cc1c(-c2ccc3cc4n(c3c2)CC(N)C4)[nH]c(=O)c(C(=O)O)c1O.Cl. The van der Waals surface area contributed by atoms with Crippen molar-refractivity contribution in [3.63, 3.8) is 0 Å². The second-order valence-electron chi connectivity index (χ2n) is 6.47. The first kappa shape index (κ1) is 18.0. The fourth-order valence-electron chi connectivity index (χ4n) is 3.59. The Bertz CT molecular complexity index is 1100. The van der Waals surface area contributed by atoms with Crippen LogP contribution in [0.15, 0.2) is 29.1 Å². The lowest BCUT2D eigenvalue weighted by Gasteiger charge is -2.11. The van der Waals surface area contributed by atoms with Crippen LogP contribution in [0.25, 0.3) is 22.2 Å². The molecule has 1 unspecified atom stereocenters. The number of hydrogen-bond donors (Lipinski definition) is 4. The summed E-state index contributed by atoms with van der Waals surface area (Å²) in [4.78, 5) is 25.8. The Balaban J connectivity index is 0.00000196. The predicted molar refractivity (Wildman–Crippen MR) is 100 cm³/mol. The summed E-state index contributed by atoms with van der Waals surface area (Å²) in [7, 11) is 0. The number of aromatic amines is 1. The largest absolute Gasteiger partial charge is 0.506 e. The van der Waals surface area contributed by atoms with Gasteiger partial charge in [0.15, 0.2) is 5.56 Å². The van der Waals surface area contributed by atoms with Gasteiger partial charge < -0.3 is 25.5 Å². The van der Waals surface area contributed by atoms with Gasteiger partial charge in [-0.25, -0.2) is 4.79 Å². The molecule has 1 atom stereocenters. The lowest BCUT2D eigenvalue weighted by atomic mass is 10.0. The third-order valence-corrected chi connectivity index (χ3v) is 4.81. The van der Waals surface area contributed by atoms with Crippen LogP contribution in [0, 0.1) is 6.92 Å². The molecular formula is C18H18ClN3O4. The summed E-state index contributed by atoms with van der Waals surface area (Å²) in [5, 5.41) is 20.3. The van der Waals surface area contributed by atoms with E-state index in [0.29, 0.717) is 16.8 Å². The molecule has 136 valence electrons. The van der Waals surface area contributed by atoms with Gasteiger partial charge in [0.2, 0.25) is 0 Å². The molecule has 2 aromatic heterocycles. The first-order chi connectivity index (χ1) is 11.9. The van der Waals surface area contributed by atoms with Crippen LogP contribution in [0.5, 0.6) is 5.75 Å². The van der Waals surface area contributed by atoms with Crippen molar-refractivity contribution in [3.05, 3.63) is 51.4 Å². The van der Waals surface area contributed by atoms with Gasteiger partial charge in [-0.15, -0.1) is 12.4 Å². The molecule has 0 aliphatic carbocycles. The molecule has 3 aromatic rings. The Morgan fingerprint density at radius 1 is 1.35 bits per heavy atom. The third kappa shape index (κ3) is 2.56. The summed E-state index contributed by atoms with van der Waals surface area (Å²) in [6.07, 6.45) is 0.827. The Kier molecular flexibility index (Phi) is 4.29. The van der Waals surface area contributed by atoms with Gasteiger partial charge >= 0.3 is 5.97 Å². The van der Waals surface area contributed by atoms with Gasteiger partial charge in [0.05, 0.1) is 5.69 Å². The Morgan fingerprint density at radius 3 is 2.77 bits per heavy atom. The van der Waals surface area contributed by atoms with Gasteiger partial charge in [0, 0.05) is 41.3 Å². The van der Waals surface area contributed by atoms with Crippen molar-refractivity contribution in [2.45, 2.75) is 25.9 Å². The van der Waals surface area contributed by atoms with Crippen molar-refractivity contribution in [2.75, 3.05) is 0 Å². The lowest BCUT2D eigenvalue weighted by Crippen LogP contribution is -2.20. The molecule has 0 saturated carbocycles. The number of nitrogens with zero attached hydrogens (tertiary/aromatic N) is 1. The molecule has 0 spiro atoms. The maximum Gasteiger partial charge on any atom is 0.345 e. The lowest BCUT2D eigenvalue weighted by molar-refractivity contribution is 0.0691. The van der Waals surface area contributed by atoms with Gasteiger partial charge in [-0.2, -0.15) is 0 Å². The highest BCUT2D eigenvalue weighted by Crippen LogP contribution is 2.32. The fraction of sp³-hybridized carbons (Fsp3) is 0.222. The van der Waals surface area contributed by atoms with Crippen molar-refractivity contribution in [1.82, 2.24) is 9.55 Å². The standard InChI is InChI=1S/C18H17N3O4.ClH/c1-8-15(20-17(23)14(16(8)22)18(24)25)10-3-2-9-4-12-6-11(19)7-21(12)13(9)5-10;/h2-5,11H,6-7,19H2,1H3,(H,24,25)(H2,20,22,23);1H. The Labute approximate surface area is 154 Å². The summed E-state index contributed by atoms with van der Waals surface area (Å²) in [6, 6.07) is 7.92. The Hall–Kier alpha value is -2.77. The number of benzene rings is 1. The minimum Gasteiger partial charge on any atom is -0.506 e. The van der Waals surface area contributed by atoms with E-state index in [2.05, 4.69) is 15.6 Å². The maximum atomic E-state index is 12.1. The number of aromatic carboxylic acids is 1. The van der Waals surface area contributed by atoms with Gasteiger partial charge in [0.1, 0.15) is 5.75 Å². The van der Waals surface area contributed by atoms with Crippen LogP contribution in [-0.2, 0) is 13.0 Å². The van der Waals surface area contributed by atoms with Gasteiger partial charge in [-0.3, -0.25) is 4.79 Å². The van der Waals surface area contributed by atoms with Crippen LogP contribution in [0.2, 0.25) is 0 Å². The molecule has 4 rings (SSSR count). The number of rotatable bonds is 2. The quantitative estimate of drug-likeness (QED) is 0.546. The van der Waals surface area contributed by atoms with Crippen molar-refractivity contribution < 1.29 is 15.0 Å². The summed E-state index contributed by atoms with van der Waals surface area (Å²) in [5.41, 5.74) is 8.17. The topological polar surface area (TPSA) is 121 Å². The number of nitrogens with two attached hydrogens (primary N) is 1. The van der Waals surface area contributed by atoms with Gasteiger partial charge in [-0.1, -0.05) is 12.1 Å². The average molecular weight is 376 g/mol. The highest BCUT2D eigenvalue weighted by atomic mass is 35.5. The van der Waals surface area contributed by atoms with Crippen LogP contribution < -0.4 is 11.3 Å². The van der Waals surface area contributed by atoms with Crippen LogP contribution in [0.3, 0.4) is 0 Å². The summed E-state index contributed by atoms with van der Waals surface area (Å²) >= 11 is 0. The molecule has 1 aliphatic rings. The van der Waals surface area contributed by atoms with E-state index in [9.17, 15) is 14.7 Å². The highest BCUT2D eigenvalue weighted by Gasteiger charge is 2.23. The monoisotopic (exact) mass is 375 g/mol. The van der Waals surface area contributed by atoms with Gasteiger partial charge in [0.25, 0.3) is 5.56 Å². The number of halogens is 1. The number of carbonyl (C=O) groups is 1. The van der Waals surface area contributed by atoms with E-state index in [0.717, 1.165) is 23.9 Å². The predicted octanol–water partition coefficient (Wildman–Crippen LogP) is 2.01. The van der Waals surface area contributed by atoms with Crippen LogP contribution >= 0.6 is 12.4 Å². The van der Waals surface area contributed by atoms with E-state index in [1.54, 1.807) is 6.92 Å². The van der Waals surface area contributed by atoms with Crippen molar-refractivity contribution in [2.24, 2.45) is 5.73 Å².